The lowest BCUT2D eigenvalue weighted by atomic mass is 10.3. The molecule has 0 saturated heterocycles. The normalized spacial score (nSPS) is 7.83. The molecule has 0 radical (unpaired) electrons. The SMILES string of the molecule is N#Cc1ccoccoc1C#N. The van der Waals surface area contributed by atoms with Crippen molar-refractivity contribution in [2.75, 3.05) is 0 Å². The van der Waals surface area contributed by atoms with Gasteiger partial charge in [-0.05, 0) is 6.07 Å². The molecule has 0 unspecified atom stereocenters. The Morgan fingerprint density at radius 3 is 2.58 bits per heavy atom. The van der Waals surface area contributed by atoms with Crippen LogP contribution in [0.3, 0.4) is 0 Å². The van der Waals surface area contributed by atoms with Gasteiger partial charge in [-0.2, -0.15) is 10.5 Å². The van der Waals surface area contributed by atoms with Crippen LogP contribution in [-0.4, -0.2) is 0 Å². The van der Waals surface area contributed by atoms with Crippen molar-refractivity contribution in [1.29, 1.82) is 10.5 Å². The minimum Gasteiger partial charge on any atom is -0.469 e. The molecule has 0 atom stereocenters. The highest BCUT2D eigenvalue weighted by atomic mass is 16.4. The Morgan fingerprint density at radius 1 is 1.08 bits per heavy atom. The molecule has 0 fully saturated rings. The Kier molecular flexibility index (Phi) is 2.53. The molecule has 0 aliphatic carbocycles. The third kappa shape index (κ3) is 1.65. The van der Waals surface area contributed by atoms with Crippen LogP contribution in [0.1, 0.15) is 11.3 Å². The summed E-state index contributed by atoms with van der Waals surface area (Å²) in [5.74, 6) is -0.0340. The molecule has 1 rings (SSSR count). The van der Waals surface area contributed by atoms with E-state index in [-0.39, 0.29) is 11.3 Å². The standard InChI is InChI=1S/C8H4N2O2/c9-5-7-1-2-11-3-4-12-8(7)6-10/h1-4H. The number of hydrogen-bond donors (Lipinski definition) is 0. The molecule has 0 amide bonds. The fourth-order valence-corrected chi connectivity index (χ4v) is 0.594. The minimum atomic E-state index is -0.0340. The summed E-state index contributed by atoms with van der Waals surface area (Å²) in [5.41, 5.74) is 0.141. The third-order valence-electron chi connectivity index (χ3n) is 1.10. The Morgan fingerprint density at radius 2 is 1.92 bits per heavy atom. The van der Waals surface area contributed by atoms with E-state index in [9.17, 15) is 0 Å². The predicted molar refractivity (Wildman–Crippen MR) is 38.0 cm³/mol. The zero-order chi connectivity index (χ0) is 8.81. The minimum absolute atomic E-state index is 0.0340. The summed E-state index contributed by atoms with van der Waals surface area (Å²) in [6.07, 6.45) is 3.76. The van der Waals surface area contributed by atoms with Crippen LogP contribution < -0.4 is 0 Å². The fourth-order valence-electron chi connectivity index (χ4n) is 0.594. The highest BCUT2D eigenvalue weighted by molar-refractivity contribution is 5.36. The molecular formula is C8H4N2O2. The molecule has 0 saturated carbocycles. The van der Waals surface area contributed by atoms with E-state index in [1.165, 1.54) is 24.9 Å². The molecular weight excluding hydrogens is 156 g/mol. The second-order valence-electron chi connectivity index (χ2n) is 1.80. The Bertz CT molecular complexity index is 350. The van der Waals surface area contributed by atoms with Crippen LogP contribution in [0.25, 0.3) is 0 Å². The molecule has 0 aromatic carbocycles. The maximum absolute atomic E-state index is 8.54. The summed E-state index contributed by atoms with van der Waals surface area (Å²) < 4.78 is 9.49. The molecule has 0 N–H and O–H groups in total. The Labute approximate surface area is 68.6 Å². The van der Waals surface area contributed by atoms with Crippen LogP contribution in [0.4, 0.5) is 0 Å². The fraction of sp³-hybridized carbons (Fsp3) is 0. The van der Waals surface area contributed by atoms with Gasteiger partial charge >= 0.3 is 0 Å². The van der Waals surface area contributed by atoms with Crippen molar-refractivity contribution in [2.45, 2.75) is 0 Å². The van der Waals surface area contributed by atoms with Crippen LogP contribution in [0.2, 0.25) is 0 Å². The first kappa shape index (κ1) is 7.90. The first-order valence-corrected chi connectivity index (χ1v) is 3.06. The highest BCUT2D eigenvalue weighted by Crippen LogP contribution is 2.02. The second-order valence-corrected chi connectivity index (χ2v) is 1.80. The van der Waals surface area contributed by atoms with Gasteiger partial charge in [-0.25, -0.2) is 0 Å². The molecule has 4 nitrogen and oxygen atoms in total. The second kappa shape index (κ2) is 3.85. The van der Waals surface area contributed by atoms with Crippen molar-refractivity contribution >= 4 is 0 Å². The van der Waals surface area contributed by atoms with E-state index in [0.29, 0.717) is 0 Å². The van der Waals surface area contributed by atoms with E-state index in [4.69, 9.17) is 19.4 Å². The van der Waals surface area contributed by atoms with Crippen LogP contribution in [0, 0.1) is 22.7 Å². The quantitative estimate of drug-likeness (QED) is 0.579. The lowest BCUT2D eigenvalue weighted by molar-refractivity contribution is 0.482. The lowest BCUT2D eigenvalue weighted by Crippen LogP contribution is -1.77. The monoisotopic (exact) mass is 160 g/mol. The zero-order valence-corrected chi connectivity index (χ0v) is 6.02. The van der Waals surface area contributed by atoms with Crippen molar-refractivity contribution in [3.63, 3.8) is 0 Å². The number of nitriles is 2. The Balaban J connectivity index is 3.42. The summed E-state index contributed by atoms with van der Waals surface area (Å²) in [4.78, 5) is 0. The Hall–Kier alpha value is -2.20. The average Bonchev–Trinajstić information content (AvgIpc) is 2.05. The average molecular weight is 160 g/mol. The van der Waals surface area contributed by atoms with Gasteiger partial charge in [-0.1, -0.05) is 0 Å². The van der Waals surface area contributed by atoms with E-state index in [1.807, 2.05) is 0 Å². The van der Waals surface area contributed by atoms with Gasteiger partial charge in [-0.15, -0.1) is 0 Å². The maximum Gasteiger partial charge on any atom is 0.221 e. The molecule has 58 valence electrons. The van der Waals surface area contributed by atoms with Crippen molar-refractivity contribution in [3.05, 3.63) is 36.2 Å². The van der Waals surface area contributed by atoms with Crippen LogP contribution in [-0.2, 0) is 0 Å². The highest BCUT2D eigenvalue weighted by Gasteiger charge is 1.97. The smallest absolute Gasteiger partial charge is 0.221 e. The molecule has 0 bridgehead atoms. The first-order chi connectivity index (χ1) is 5.88. The van der Waals surface area contributed by atoms with Gasteiger partial charge < -0.3 is 8.83 Å². The molecule has 1 heterocycles. The van der Waals surface area contributed by atoms with Gasteiger partial charge in [0.25, 0.3) is 0 Å². The largest absolute Gasteiger partial charge is 0.469 e. The number of nitrogens with zero attached hydrogens (tertiary/aromatic N) is 2. The van der Waals surface area contributed by atoms with Crippen LogP contribution >= 0.6 is 0 Å². The predicted octanol–water partition coefficient (Wildman–Crippen LogP) is 1.74. The van der Waals surface area contributed by atoms with Gasteiger partial charge in [0.15, 0.2) is 0 Å². The van der Waals surface area contributed by atoms with Crippen LogP contribution in [0.5, 0.6) is 0 Å². The maximum atomic E-state index is 8.54. The number of rotatable bonds is 0. The molecule has 0 spiro atoms. The molecule has 1 aromatic heterocycles. The van der Waals surface area contributed by atoms with Crippen molar-refractivity contribution in [1.82, 2.24) is 0 Å². The van der Waals surface area contributed by atoms with Crippen molar-refractivity contribution < 1.29 is 8.83 Å². The van der Waals surface area contributed by atoms with Gasteiger partial charge in [0.1, 0.15) is 30.2 Å². The lowest BCUT2D eigenvalue weighted by Gasteiger charge is -1.86. The third-order valence-corrected chi connectivity index (χ3v) is 1.10. The summed E-state index contributed by atoms with van der Waals surface area (Å²) in [6.45, 7) is 0. The van der Waals surface area contributed by atoms with Gasteiger partial charge in [-0.3, -0.25) is 0 Å². The first-order valence-electron chi connectivity index (χ1n) is 3.06. The topological polar surface area (TPSA) is 73.9 Å². The van der Waals surface area contributed by atoms with Gasteiger partial charge in [0.2, 0.25) is 5.76 Å². The molecule has 4 heteroatoms. The summed E-state index contributed by atoms with van der Waals surface area (Å²) in [5, 5.41) is 17.1. The van der Waals surface area contributed by atoms with E-state index in [2.05, 4.69) is 0 Å². The summed E-state index contributed by atoms with van der Waals surface area (Å²) >= 11 is 0. The molecule has 0 aliphatic rings. The van der Waals surface area contributed by atoms with E-state index < -0.39 is 0 Å². The van der Waals surface area contributed by atoms with E-state index in [1.54, 1.807) is 12.1 Å². The summed E-state index contributed by atoms with van der Waals surface area (Å²) in [6, 6.07) is 4.92. The molecule has 1 aromatic rings. The molecule has 12 heavy (non-hydrogen) atoms. The summed E-state index contributed by atoms with van der Waals surface area (Å²) in [7, 11) is 0. The van der Waals surface area contributed by atoms with Crippen molar-refractivity contribution in [2.24, 2.45) is 0 Å². The molecule has 0 aliphatic heterocycles. The van der Waals surface area contributed by atoms with Crippen molar-refractivity contribution in [3.8, 4) is 12.1 Å². The zero-order valence-electron chi connectivity index (χ0n) is 6.02. The van der Waals surface area contributed by atoms with E-state index in [0.717, 1.165) is 0 Å². The number of hydrogen-bond acceptors (Lipinski definition) is 4. The van der Waals surface area contributed by atoms with E-state index >= 15 is 0 Å². The van der Waals surface area contributed by atoms with Crippen LogP contribution in [0.15, 0.2) is 33.7 Å². The van der Waals surface area contributed by atoms with Gasteiger partial charge in [0, 0.05) is 0 Å². The van der Waals surface area contributed by atoms with Gasteiger partial charge in [0.05, 0.1) is 6.26 Å².